The lowest BCUT2D eigenvalue weighted by molar-refractivity contribution is 0.188. The summed E-state index contributed by atoms with van der Waals surface area (Å²) >= 11 is 0. The minimum Gasteiger partial charge on any atom is -0.325 e. The van der Waals surface area contributed by atoms with Crippen LogP contribution in [0.2, 0.25) is 0 Å². The van der Waals surface area contributed by atoms with Crippen molar-refractivity contribution < 1.29 is 4.39 Å². The van der Waals surface area contributed by atoms with Gasteiger partial charge < -0.3 is 9.80 Å². The zero-order valence-electron chi connectivity index (χ0n) is 19.3. The summed E-state index contributed by atoms with van der Waals surface area (Å²) in [4.78, 5) is 26.6. The van der Waals surface area contributed by atoms with Gasteiger partial charge in [0.25, 0.3) is 5.56 Å². The maximum absolute atomic E-state index is 13.9. The number of rotatable bonds is 6. The lowest BCUT2D eigenvalue weighted by atomic mass is 10.0. The Balaban J connectivity index is 1.27. The molecule has 0 radical (unpaired) electrons. The molecule has 1 aliphatic rings. The van der Waals surface area contributed by atoms with Crippen molar-refractivity contribution in [2.45, 2.75) is 25.8 Å². The lowest BCUT2D eigenvalue weighted by Gasteiger charge is -2.34. The molecule has 0 N–H and O–H groups in total. The van der Waals surface area contributed by atoms with Crippen LogP contribution in [0.25, 0.3) is 10.9 Å². The van der Waals surface area contributed by atoms with Crippen molar-refractivity contribution in [1.82, 2.24) is 19.4 Å². The summed E-state index contributed by atoms with van der Waals surface area (Å²) in [7, 11) is 0. The first-order valence-electron chi connectivity index (χ1n) is 11.7. The molecule has 174 valence electrons. The van der Waals surface area contributed by atoms with Gasteiger partial charge in [0, 0.05) is 44.1 Å². The Morgan fingerprint density at radius 2 is 1.85 bits per heavy atom. The molecule has 0 amide bonds. The van der Waals surface area contributed by atoms with Gasteiger partial charge in [-0.25, -0.2) is 14.4 Å². The number of piperidine rings is 1. The van der Waals surface area contributed by atoms with E-state index in [-0.39, 0.29) is 17.4 Å². The highest BCUT2D eigenvalue weighted by Crippen LogP contribution is 2.26. The van der Waals surface area contributed by atoms with Crippen LogP contribution in [0, 0.1) is 12.7 Å². The quantitative estimate of drug-likeness (QED) is 0.420. The monoisotopic (exact) mass is 457 g/mol. The summed E-state index contributed by atoms with van der Waals surface area (Å²) in [5.41, 5.74) is 2.56. The number of pyridine rings is 1. The van der Waals surface area contributed by atoms with Crippen LogP contribution in [0.1, 0.15) is 24.4 Å². The van der Waals surface area contributed by atoms with E-state index >= 15 is 0 Å². The van der Waals surface area contributed by atoms with Gasteiger partial charge >= 0.3 is 0 Å². The van der Waals surface area contributed by atoms with Gasteiger partial charge in [-0.05, 0) is 61.7 Å². The van der Waals surface area contributed by atoms with E-state index in [2.05, 4.69) is 19.8 Å². The number of hydrogen-bond donors (Lipinski definition) is 0. The topological polar surface area (TPSA) is 54.3 Å². The highest BCUT2D eigenvalue weighted by molar-refractivity contribution is 5.80. The Hall–Kier alpha value is -3.58. The first kappa shape index (κ1) is 22.2. The second-order valence-electron chi connectivity index (χ2n) is 8.82. The largest absolute Gasteiger partial charge is 0.325 e. The van der Waals surface area contributed by atoms with E-state index in [0.717, 1.165) is 55.1 Å². The molecule has 2 aromatic carbocycles. The molecule has 0 unspecified atom stereocenters. The number of hydrogen-bond acceptors (Lipinski definition) is 5. The fourth-order valence-electron chi connectivity index (χ4n) is 4.80. The van der Waals surface area contributed by atoms with Crippen molar-refractivity contribution >= 4 is 22.4 Å². The summed E-state index contributed by atoms with van der Waals surface area (Å²) in [6, 6.07) is 18.3. The second kappa shape index (κ2) is 9.73. The number of fused-ring (bicyclic) bond motifs is 1. The first-order valence-corrected chi connectivity index (χ1v) is 11.7. The van der Waals surface area contributed by atoms with Gasteiger partial charge in [0.05, 0.1) is 17.2 Å². The Morgan fingerprint density at radius 3 is 2.62 bits per heavy atom. The smallest absolute Gasteiger partial charge is 0.261 e. The fraction of sp³-hybridized carbons (Fsp3) is 0.296. The molecule has 7 heteroatoms. The molecule has 1 saturated heterocycles. The Labute approximate surface area is 198 Å². The summed E-state index contributed by atoms with van der Waals surface area (Å²) in [5, 5.41) is 0.716. The van der Waals surface area contributed by atoms with E-state index in [0.29, 0.717) is 11.9 Å². The van der Waals surface area contributed by atoms with Crippen molar-refractivity contribution in [3.63, 3.8) is 0 Å². The molecule has 0 bridgehead atoms. The van der Waals surface area contributed by atoms with E-state index in [1.165, 1.54) is 6.07 Å². The van der Waals surface area contributed by atoms with Crippen molar-refractivity contribution in [3.05, 3.63) is 94.9 Å². The average Bonchev–Trinajstić information content (AvgIpc) is 2.86. The molecule has 5 rings (SSSR count). The normalized spacial score (nSPS) is 15.0. The van der Waals surface area contributed by atoms with Crippen LogP contribution in [-0.2, 0) is 0 Å². The van der Waals surface area contributed by atoms with Crippen molar-refractivity contribution in [1.29, 1.82) is 0 Å². The van der Waals surface area contributed by atoms with Crippen LogP contribution < -0.4 is 10.5 Å². The van der Waals surface area contributed by atoms with Crippen LogP contribution in [0.15, 0.2) is 78.0 Å². The molecule has 2 aromatic heterocycles. The second-order valence-corrected chi connectivity index (χ2v) is 8.82. The number of nitrogens with zero attached hydrogens (tertiary/aromatic N) is 5. The van der Waals surface area contributed by atoms with Gasteiger partial charge in [-0.3, -0.25) is 9.36 Å². The number of likely N-dealkylation sites (tertiary alicyclic amines) is 1. The van der Waals surface area contributed by atoms with Gasteiger partial charge in [-0.2, -0.15) is 0 Å². The average molecular weight is 458 g/mol. The predicted octanol–water partition coefficient (Wildman–Crippen LogP) is 4.71. The van der Waals surface area contributed by atoms with Gasteiger partial charge in [0.2, 0.25) is 0 Å². The SMILES string of the molecule is Cc1cccc2ncn(C3CCN(CCN(c4cccc(F)c4)c4ccccn4)CC3)c(=O)c12. The van der Waals surface area contributed by atoms with E-state index in [4.69, 9.17) is 0 Å². The summed E-state index contributed by atoms with van der Waals surface area (Å²) < 4.78 is 15.7. The van der Waals surface area contributed by atoms with Crippen LogP contribution in [0.4, 0.5) is 15.9 Å². The van der Waals surface area contributed by atoms with Gasteiger partial charge in [-0.15, -0.1) is 0 Å². The van der Waals surface area contributed by atoms with Crippen LogP contribution in [0.5, 0.6) is 0 Å². The Kier molecular flexibility index (Phi) is 6.36. The van der Waals surface area contributed by atoms with Gasteiger partial charge in [0.1, 0.15) is 11.6 Å². The third-order valence-electron chi connectivity index (χ3n) is 6.66. The van der Waals surface area contributed by atoms with Crippen molar-refractivity contribution in [2.75, 3.05) is 31.1 Å². The van der Waals surface area contributed by atoms with E-state index < -0.39 is 0 Å². The molecule has 34 heavy (non-hydrogen) atoms. The number of halogens is 1. The molecule has 0 aliphatic carbocycles. The standard InChI is InChI=1S/C27H28FN5O/c1-20-6-4-9-24-26(20)27(34)33(19-30-24)22-11-14-31(15-12-22)16-17-32(25-10-2-3-13-29-25)23-8-5-7-21(28)18-23/h2-10,13,18-19,22H,11-12,14-17H2,1H3. The molecular weight excluding hydrogens is 429 g/mol. The Morgan fingerprint density at radius 1 is 1.03 bits per heavy atom. The van der Waals surface area contributed by atoms with Crippen molar-refractivity contribution in [3.8, 4) is 0 Å². The lowest BCUT2D eigenvalue weighted by Crippen LogP contribution is -2.41. The van der Waals surface area contributed by atoms with Crippen LogP contribution >= 0.6 is 0 Å². The number of anilines is 2. The molecular formula is C27H28FN5O. The molecule has 1 aliphatic heterocycles. The molecule has 1 fully saturated rings. The highest BCUT2D eigenvalue weighted by atomic mass is 19.1. The van der Waals surface area contributed by atoms with E-state index in [1.54, 1.807) is 24.7 Å². The van der Waals surface area contributed by atoms with E-state index in [9.17, 15) is 9.18 Å². The zero-order valence-corrected chi connectivity index (χ0v) is 19.3. The maximum Gasteiger partial charge on any atom is 0.261 e. The maximum atomic E-state index is 13.9. The summed E-state index contributed by atoms with van der Waals surface area (Å²) in [6.45, 7) is 5.26. The summed E-state index contributed by atoms with van der Waals surface area (Å²) in [5.74, 6) is 0.538. The van der Waals surface area contributed by atoms with E-state index in [1.807, 2.05) is 54.0 Å². The van der Waals surface area contributed by atoms with Crippen molar-refractivity contribution in [2.24, 2.45) is 0 Å². The molecule has 0 spiro atoms. The van der Waals surface area contributed by atoms with Crippen LogP contribution in [0.3, 0.4) is 0 Å². The molecule has 0 atom stereocenters. The van der Waals surface area contributed by atoms with Gasteiger partial charge in [-0.1, -0.05) is 24.3 Å². The highest BCUT2D eigenvalue weighted by Gasteiger charge is 2.23. The molecule has 6 nitrogen and oxygen atoms in total. The minimum atomic E-state index is -0.260. The third-order valence-corrected chi connectivity index (χ3v) is 6.66. The number of aryl methyl sites for hydroxylation is 1. The summed E-state index contributed by atoms with van der Waals surface area (Å²) in [6.07, 6.45) is 5.24. The number of aromatic nitrogens is 3. The Bertz CT molecular complexity index is 1330. The first-order chi connectivity index (χ1) is 16.6. The molecule has 4 aromatic rings. The number of benzene rings is 2. The van der Waals surface area contributed by atoms with Crippen LogP contribution in [-0.4, -0.2) is 45.6 Å². The molecule has 0 saturated carbocycles. The van der Waals surface area contributed by atoms with Gasteiger partial charge in [0.15, 0.2) is 0 Å². The molecule has 3 heterocycles. The fourth-order valence-corrected chi connectivity index (χ4v) is 4.80. The minimum absolute atomic E-state index is 0.0500. The zero-order chi connectivity index (χ0) is 23.5. The predicted molar refractivity (Wildman–Crippen MR) is 133 cm³/mol. The third kappa shape index (κ3) is 4.56.